The van der Waals surface area contributed by atoms with E-state index in [1.165, 1.54) is 19.3 Å². The van der Waals surface area contributed by atoms with Gasteiger partial charge in [0.1, 0.15) is 12.7 Å². The SMILES string of the molecule is CCCCCCCCCCCCCCCC(CC(=O)OCC(O)CO)(OC(CC(=O)O)(CC(=O)O)C(=O)O)OC(CC(=O)O)(CC(=O)O)C(=O)O. The highest BCUT2D eigenvalue weighted by Crippen LogP contribution is 2.41. The molecule has 0 saturated carbocycles. The van der Waals surface area contributed by atoms with Crippen molar-refractivity contribution in [3.05, 3.63) is 0 Å². The Kier molecular flexibility index (Phi) is 22.5. The lowest BCUT2D eigenvalue weighted by atomic mass is 9.91. The van der Waals surface area contributed by atoms with Crippen molar-refractivity contribution in [3.8, 4) is 0 Å². The highest BCUT2D eigenvalue weighted by Gasteiger charge is 2.57. The second-order valence-electron chi connectivity index (χ2n) is 12.7. The average molecular weight is 739 g/mol. The summed E-state index contributed by atoms with van der Waals surface area (Å²) in [6.45, 7) is 0.418. The van der Waals surface area contributed by atoms with Crippen molar-refractivity contribution in [1.29, 1.82) is 0 Å². The number of carboxylic acid groups (broad SMARTS) is 6. The quantitative estimate of drug-likeness (QED) is 0.0272. The summed E-state index contributed by atoms with van der Waals surface area (Å²) in [5, 5.41) is 77.2. The first kappa shape index (κ1) is 47.1. The molecule has 1 atom stereocenters. The average Bonchev–Trinajstić information content (AvgIpc) is 3.00. The summed E-state index contributed by atoms with van der Waals surface area (Å²) in [4.78, 5) is 85.5. The van der Waals surface area contributed by atoms with Gasteiger partial charge in [0.05, 0.1) is 38.7 Å². The van der Waals surface area contributed by atoms with E-state index >= 15 is 0 Å². The monoisotopic (exact) mass is 738 g/mol. The molecule has 0 amide bonds. The molecule has 0 heterocycles. The molecule has 51 heavy (non-hydrogen) atoms. The molecule has 0 saturated heterocycles. The number of esters is 1. The van der Waals surface area contributed by atoms with E-state index < -0.39 is 117 Å². The summed E-state index contributed by atoms with van der Waals surface area (Å²) < 4.78 is 16.2. The predicted octanol–water partition coefficient (Wildman–Crippen LogP) is 3.03. The molecule has 0 aliphatic carbocycles. The Morgan fingerprint density at radius 2 is 0.863 bits per heavy atom. The summed E-state index contributed by atoms with van der Waals surface area (Å²) in [6.07, 6.45) is 1.45. The summed E-state index contributed by atoms with van der Waals surface area (Å²) in [6, 6.07) is 0. The van der Waals surface area contributed by atoms with Crippen molar-refractivity contribution in [1.82, 2.24) is 0 Å². The smallest absolute Gasteiger partial charge is 0.337 e. The van der Waals surface area contributed by atoms with Crippen LogP contribution in [0.2, 0.25) is 0 Å². The van der Waals surface area contributed by atoms with Gasteiger partial charge in [0.25, 0.3) is 0 Å². The molecule has 18 nitrogen and oxygen atoms in total. The van der Waals surface area contributed by atoms with Crippen LogP contribution in [0.1, 0.15) is 129 Å². The van der Waals surface area contributed by atoms with Gasteiger partial charge in [-0.1, -0.05) is 84.0 Å². The molecule has 0 fully saturated rings. The van der Waals surface area contributed by atoms with E-state index in [0.29, 0.717) is 12.8 Å². The Hall–Kier alpha value is -3.87. The zero-order chi connectivity index (χ0) is 39.1. The number of carboxylic acids is 6. The third kappa shape index (κ3) is 19.4. The fourth-order valence-corrected chi connectivity index (χ4v) is 5.56. The third-order valence-electron chi connectivity index (χ3n) is 8.01. The molecule has 18 heteroatoms. The van der Waals surface area contributed by atoms with Crippen LogP contribution in [0.25, 0.3) is 0 Å². The molecule has 1 unspecified atom stereocenters. The van der Waals surface area contributed by atoms with Crippen LogP contribution < -0.4 is 0 Å². The van der Waals surface area contributed by atoms with Gasteiger partial charge < -0.3 is 55.1 Å². The van der Waals surface area contributed by atoms with Crippen molar-refractivity contribution < 1.29 is 88.6 Å². The minimum atomic E-state index is -3.27. The van der Waals surface area contributed by atoms with Crippen molar-refractivity contribution in [2.24, 2.45) is 0 Å². The van der Waals surface area contributed by atoms with E-state index in [1.807, 2.05) is 0 Å². The van der Waals surface area contributed by atoms with Crippen LogP contribution in [0.15, 0.2) is 0 Å². The van der Waals surface area contributed by atoms with Crippen LogP contribution in [0, 0.1) is 0 Å². The van der Waals surface area contributed by atoms with Gasteiger partial charge in [0.2, 0.25) is 0 Å². The van der Waals surface area contributed by atoms with Gasteiger partial charge in [0, 0.05) is 6.42 Å². The molecule has 0 aromatic carbocycles. The van der Waals surface area contributed by atoms with Crippen LogP contribution in [0.5, 0.6) is 0 Å². The normalized spacial score (nSPS) is 12.6. The number of hydrogen-bond donors (Lipinski definition) is 8. The van der Waals surface area contributed by atoms with E-state index in [0.717, 1.165) is 44.9 Å². The first-order valence-corrected chi connectivity index (χ1v) is 17.1. The molecule has 0 aliphatic rings. The fraction of sp³-hybridized carbons (Fsp3) is 0.788. The minimum Gasteiger partial charge on any atom is -0.481 e. The van der Waals surface area contributed by atoms with E-state index in [1.54, 1.807) is 0 Å². The molecule has 8 N–H and O–H groups in total. The number of carbonyl (C=O) groups is 7. The van der Waals surface area contributed by atoms with Crippen LogP contribution in [-0.4, -0.2) is 119 Å². The van der Waals surface area contributed by atoms with Gasteiger partial charge >= 0.3 is 41.8 Å². The number of aliphatic hydroxyl groups excluding tert-OH is 2. The van der Waals surface area contributed by atoms with E-state index in [-0.39, 0.29) is 6.42 Å². The van der Waals surface area contributed by atoms with Crippen LogP contribution in [0.3, 0.4) is 0 Å². The fourth-order valence-electron chi connectivity index (χ4n) is 5.56. The lowest BCUT2D eigenvalue weighted by Gasteiger charge is -2.44. The summed E-state index contributed by atoms with van der Waals surface area (Å²) in [5.74, 6) is -16.4. The third-order valence-corrected chi connectivity index (χ3v) is 8.01. The molecule has 0 rings (SSSR count). The first-order valence-electron chi connectivity index (χ1n) is 17.1. The van der Waals surface area contributed by atoms with E-state index in [9.17, 15) is 69.3 Å². The number of rotatable bonds is 33. The largest absolute Gasteiger partial charge is 0.481 e. The topological polar surface area (TPSA) is 309 Å². The van der Waals surface area contributed by atoms with Crippen LogP contribution in [0.4, 0.5) is 0 Å². The summed E-state index contributed by atoms with van der Waals surface area (Å²) in [5.41, 5.74) is -6.54. The predicted molar refractivity (Wildman–Crippen MR) is 174 cm³/mol. The van der Waals surface area contributed by atoms with Gasteiger partial charge in [-0.15, -0.1) is 0 Å². The number of unbranched alkanes of at least 4 members (excludes halogenated alkanes) is 12. The minimum absolute atomic E-state index is 0.0738. The van der Waals surface area contributed by atoms with Gasteiger partial charge in [-0.25, -0.2) is 9.59 Å². The van der Waals surface area contributed by atoms with Crippen molar-refractivity contribution >= 4 is 41.8 Å². The zero-order valence-electron chi connectivity index (χ0n) is 29.1. The second kappa shape index (κ2) is 24.3. The van der Waals surface area contributed by atoms with E-state index in [2.05, 4.69) is 6.92 Å². The molecule has 0 bridgehead atoms. The van der Waals surface area contributed by atoms with Crippen LogP contribution in [-0.2, 0) is 47.8 Å². The molecule has 0 spiro atoms. The van der Waals surface area contributed by atoms with Crippen molar-refractivity contribution in [2.75, 3.05) is 13.2 Å². The maximum Gasteiger partial charge on any atom is 0.337 e. The molecular formula is C33H54O18. The Bertz CT molecular complexity index is 1050. The van der Waals surface area contributed by atoms with E-state index in [4.69, 9.17) is 19.3 Å². The standard InChI is InChI=1S/C33H54O18/c1-2-3-4-5-6-7-8-9-10-11-12-13-14-15-33(20-28(44)49-22-23(35)21-34,50-31(29(45)46,16-24(36)37)17-25(38)39)51-32(30(47)48,18-26(40)41)19-27(42)43/h23,34-35H,2-22H2,1H3,(H,36,37)(H,38,39)(H,40,41)(H,42,43)(H,45,46)(H,47,48). The Labute approximate surface area is 295 Å². The molecule has 0 aromatic heterocycles. The molecule has 294 valence electrons. The molecular weight excluding hydrogens is 684 g/mol. The number of ether oxygens (including phenoxy) is 3. The Morgan fingerprint density at radius 1 is 0.529 bits per heavy atom. The first-order chi connectivity index (χ1) is 23.9. The highest BCUT2D eigenvalue weighted by atomic mass is 16.7. The molecule has 0 radical (unpaired) electrons. The summed E-state index contributed by atoms with van der Waals surface area (Å²) >= 11 is 0. The summed E-state index contributed by atoms with van der Waals surface area (Å²) in [7, 11) is 0. The maximum atomic E-state index is 13.1. The molecule has 0 aromatic rings. The maximum absolute atomic E-state index is 13.1. The second-order valence-corrected chi connectivity index (χ2v) is 12.7. The van der Waals surface area contributed by atoms with Gasteiger partial charge in [-0.05, 0) is 6.42 Å². The Balaban J connectivity index is 6.72. The number of aliphatic carboxylic acids is 6. The molecule has 0 aliphatic heterocycles. The number of aliphatic hydroxyl groups is 2. The zero-order valence-corrected chi connectivity index (χ0v) is 29.1. The van der Waals surface area contributed by atoms with Gasteiger partial charge in [0.15, 0.2) is 17.0 Å². The highest BCUT2D eigenvalue weighted by molar-refractivity contribution is 5.89. The van der Waals surface area contributed by atoms with Crippen molar-refractivity contribution in [3.63, 3.8) is 0 Å². The lowest BCUT2D eigenvalue weighted by Crippen LogP contribution is -2.59. The lowest BCUT2D eigenvalue weighted by molar-refractivity contribution is -0.327. The van der Waals surface area contributed by atoms with Gasteiger partial charge in [-0.3, -0.25) is 24.0 Å². The van der Waals surface area contributed by atoms with Crippen molar-refractivity contribution in [2.45, 2.75) is 152 Å². The van der Waals surface area contributed by atoms with Gasteiger partial charge in [-0.2, -0.15) is 0 Å². The van der Waals surface area contributed by atoms with Crippen LogP contribution >= 0.6 is 0 Å². The Morgan fingerprint density at radius 3 is 1.16 bits per heavy atom. The number of hydrogen-bond acceptors (Lipinski definition) is 12. The number of carbonyl (C=O) groups excluding carboxylic acids is 1.